The van der Waals surface area contributed by atoms with Gasteiger partial charge in [0.2, 0.25) is 0 Å². The predicted molar refractivity (Wildman–Crippen MR) is 60.1 cm³/mol. The number of aryl methyl sites for hydroxylation is 1. The van der Waals surface area contributed by atoms with Gasteiger partial charge < -0.3 is 4.74 Å². The van der Waals surface area contributed by atoms with Crippen LogP contribution in [0.5, 0.6) is 0 Å². The van der Waals surface area contributed by atoms with Gasteiger partial charge in [0.15, 0.2) is 0 Å². The highest BCUT2D eigenvalue weighted by Gasteiger charge is 2.28. The molecule has 1 atom stereocenters. The molecule has 4 nitrogen and oxygen atoms in total. The molecule has 0 aliphatic heterocycles. The van der Waals surface area contributed by atoms with Crippen molar-refractivity contribution in [2.24, 2.45) is 0 Å². The van der Waals surface area contributed by atoms with Crippen molar-refractivity contribution in [3.8, 4) is 0 Å². The van der Waals surface area contributed by atoms with E-state index < -0.39 is 5.60 Å². The van der Waals surface area contributed by atoms with E-state index in [2.05, 4.69) is 10.2 Å². The molecule has 0 aromatic carbocycles. The van der Waals surface area contributed by atoms with E-state index in [0.29, 0.717) is 6.42 Å². The second-order valence-electron chi connectivity index (χ2n) is 5.33. The minimum absolute atomic E-state index is 0.119. The quantitative estimate of drug-likeness (QED) is 0.780. The topological polar surface area (TPSA) is 55.0 Å². The Morgan fingerprint density at radius 1 is 1.62 bits per heavy atom. The van der Waals surface area contributed by atoms with E-state index >= 15 is 0 Å². The number of aromatic nitrogens is 2. The fourth-order valence-electron chi connectivity index (χ4n) is 2.14. The summed E-state index contributed by atoms with van der Waals surface area (Å²) in [7, 11) is 0. The first kappa shape index (κ1) is 11.2. The van der Waals surface area contributed by atoms with E-state index in [1.54, 1.807) is 0 Å². The van der Waals surface area contributed by atoms with E-state index in [4.69, 9.17) is 4.74 Å². The monoisotopic (exact) mass is 222 g/mol. The van der Waals surface area contributed by atoms with Crippen LogP contribution in [-0.2, 0) is 16.0 Å². The Morgan fingerprint density at radius 2 is 2.38 bits per heavy atom. The molecule has 1 heterocycles. The molecule has 0 bridgehead atoms. The van der Waals surface area contributed by atoms with Crippen molar-refractivity contribution < 1.29 is 9.53 Å². The molecule has 1 aliphatic carbocycles. The molecule has 0 saturated carbocycles. The number of H-pyrrole nitrogens is 1. The van der Waals surface area contributed by atoms with E-state index in [1.807, 2.05) is 27.0 Å². The molecule has 1 unspecified atom stereocenters. The Balaban J connectivity index is 1.95. The SMILES string of the molecule is CC(C)(C)OC(=O)CC1CCc2[nH]ncc21. The molecule has 1 aliphatic rings. The number of carbonyl (C=O) groups is 1. The standard InChI is InChI=1S/C12H18N2O2/c1-12(2,3)16-11(15)6-8-4-5-10-9(8)7-13-14-10/h7-8H,4-6H2,1-3H3,(H,13,14). The van der Waals surface area contributed by atoms with Crippen molar-refractivity contribution in [2.45, 2.75) is 51.6 Å². The van der Waals surface area contributed by atoms with Crippen LogP contribution in [0.3, 0.4) is 0 Å². The highest BCUT2D eigenvalue weighted by molar-refractivity contribution is 5.71. The normalized spacial score (nSPS) is 19.6. The number of esters is 1. The Morgan fingerprint density at radius 3 is 3.06 bits per heavy atom. The fourth-order valence-corrected chi connectivity index (χ4v) is 2.14. The number of aromatic amines is 1. The van der Waals surface area contributed by atoms with Gasteiger partial charge in [-0.25, -0.2) is 0 Å². The van der Waals surface area contributed by atoms with Crippen LogP contribution in [0.15, 0.2) is 6.20 Å². The van der Waals surface area contributed by atoms with Crippen LogP contribution in [-0.4, -0.2) is 21.8 Å². The molecular formula is C12H18N2O2. The van der Waals surface area contributed by atoms with Crippen LogP contribution in [0.2, 0.25) is 0 Å². The maximum atomic E-state index is 11.7. The molecule has 1 aromatic rings. The molecule has 16 heavy (non-hydrogen) atoms. The summed E-state index contributed by atoms with van der Waals surface area (Å²) < 4.78 is 5.32. The number of hydrogen-bond acceptors (Lipinski definition) is 3. The van der Waals surface area contributed by atoms with Crippen LogP contribution >= 0.6 is 0 Å². The zero-order valence-corrected chi connectivity index (χ0v) is 10.0. The van der Waals surface area contributed by atoms with Gasteiger partial charge in [-0.3, -0.25) is 9.89 Å². The Hall–Kier alpha value is -1.32. The molecule has 0 amide bonds. The number of carbonyl (C=O) groups excluding carboxylic acids is 1. The van der Waals surface area contributed by atoms with E-state index in [1.165, 1.54) is 11.3 Å². The van der Waals surface area contributed by atoms with Gasteiger partial charge in [-0.15, -0.1) is 0 Å². The zero-order chi connectivity index (χ0) is 11.8. The molecule has 1 aromatic heterocycles. The van der Waals surface area contributed by atoms with Crippen molar-refractivity contribution in [2.75, 3.05) is 0 Å². The lowest BCUT2D eigenvalue weighted by Gasteiger charge is -2.20. The molecule has 2 rings (SSSR count). The third kappa shape index (κ3) is 2.43. The summed E-state index contributed by atoms with van der Waals surface area (Å²) in [5.74, 6) is 0.162. The zero-order valence-electron chi connectivity index (χ0n) is 10.0. The molecule has 4 heteroatoms. The van der Waals surface area contributed by atoms with Gasteiger partial charge >= 0.3 is 5.97 Å². The number of nitrogens with zero attached hydrogens (tertiary/aromatic N) is 1. The summed E-state index contributed by atoms with van der Waals surface area (Å²) in [5, 5.41) is 6.97. The van der Waals surface area contributed by atoms with Crippen LogP contribution in [0.25, 0.3) is 0 Å². The van der Waals surface area contributed by atoms with Crippen LogP contribution in [0.1, 0.15) is 50.8 Å². The van der Waals surface area contributed by atoms with E-state index in [9.17, 15) is 4.79 Å². The smallest absolute Gasteiger partial charge is 0.306 e. The van der Waals surface area contributed by atoms with Gasteiger partial charge in [0.25, 0.3) is 0 Å². The first-order valence-corrected chi connectivity index (χ1v) is 5.70. The summed E-state index contributed by atoms with van der Waals surface area (Å²) in [5.41, 5.74) is 1.97. The van der Waals surface area contributed by atoms with Gasteiger partial charge in [-0.2, -0.15) is 5.10 Å². The van der Waals surface area contributed by atoms with Gasteiger partial charge in [-0.1, -0.05) is 0 Å². The Kier molecular flexibility index (Phi) is 2.74. The third-order valence-corrected chi connectivity index (χ3v) is 2.77. The average Bonchev–Trinajstić information content (AvgIpc) is 2.66. The number of rotatable bonds is 2. The Bertz CT molecular complexity index is 390. The molecule has 0 saturated heterocycles. The van der Waals surface area contributed by atoms with Crippen LogP contribution in [0, 0.1) is 0 Å². The minimum Gasteiger partial charge on any atom is -0.460 e. The van der Waals surface area contributed by atoms with Gasteiger partial charge in [0.05, 0.1) is 12.6 Å². The second-order valence-corrected chi connectivity index (χ2v) is 5.33. The van der Waals surface area contributed by atoms with Crippen LogP contribution in [0.4, 0.5) is 0 Å². The molecule has 0 spiro atoms. The maximum Gasteiger partial charge on any atom is 0.306 e. The fraction of sp³-hybridized carbons (Fsp3) is 0.667. The molecular weight excluding hydrogens is 204 g/mol. The highest BCUT2D eigenvalue weighted by Crippen LogP contribution is 2.34. The lowest BCUT2D eigenvalue weighted by molar-refractivity contribution is -0.155. The number of nitrogens with one attached hydrogen (secondary N) is 1. The van der Waals surface area contributed by atoms with E-state index in [0.717, 1.165) is 12.8 Å². The first-order valence-electron chi connectivity index (χ1n) is 5.70. The molecule has 1 N–H and O–H groups in total. The number of ether oxygens (including phenoxy) is 1. The predicted octanol–water partition coefficient (Wildman–Crippen LogP) is 2.17. The first-order chi connectivity index (χ1) is 7.46. The van der Waals surface area contributed by atoms with Crippen molar-refractivity contribution >= 4 is 5.97 Å². The molecule has 0 radical (unpaired) electrons. The summed E-state index contributed by atoms with van der Waals surface area (Å²) in [4.78, 5) is 11.7. The summed E-state index contributed by atoms with van der Waals surface area (Å²) in [6, 6.07) is 0. The number of hydrogen-bond donors (Lipinski definition) is 1. The highest BCUT2D eigenvalue weighted by atomic mass is 16.6. The van der Waals surface area contributed by atoms with Crippen molar-refractivity contribution in [1.82, 2.24) is 10.2 Å². The number of fused-ring (bicyclic) bond motifs is 1. The van der Waals surface area contributed by atoms with Crippen LogP contribution < -0.4 is 0 Å². The van der Waals surface area contributed by atoms with E-state index in [-0.39, 0.29) is 11.9 Å². The summed E-state index contributed by atoms with van der Waals surface area (Å²) in [6.07, 6.45) is 4.30. The largest absolute Gasteiger partial charge is 0.460 e. The van der Waals surface area contributed by atoms with Gasteiger partial charge in [-0.05, 0) is 45.1 Å². The molecule has 0 fully saturated rings. The lowest BCUT2D eigenvalue weighted by atomic mass is 10.0. The average molecular weight is 222 g/mol. The van der Waals surface area contributed by atoms with Gasteiger partial charge in [0, 0.05) is 5.69 Å². The van der Waals surface area contributed by atoms with Crippen molar-refractivity contribution in [1.29, 1.82) is 0 Å². The van der Waals surface area contributed by atoms with Crippen molar-refractivity contribution in [3.63, 3.8) is 0 Å². The maximum absolute atomic E-state index is 11.7. The molecule has 88 valence electrons. The summed E-state index contributed by atoms with van der Waals surface area (Å²) >= 11 is 0. The minimum atomic E-state index is -0.394. The van der Waals surface area contributed by atoms with Crippen molar-refractivity contribution in [3.05, 3.63) is 17.5 Å². The second kappa shape index (κ2) is 3.92. The third-order valence-electron chi connectivity index (χ3n) is 2.77. The lowest BCUT2D eigenvalue weighted by Crippen LogP contribution is -2.24. The summed E-state index contributed by atoms with van der Waals surface area (Å²) in [6.45, 7) is 5.68. The van der Waals surface area contributed by atoms with Gasteiger partial charge in [0.1, 0.15) is 5.60 Å². The Labute approximate surface area is 95.4 Å².